The summed E-state index contributed by atoms with van der Waals surface area (Å²) < 4.78 is 90.2. The Hall–Kier alpha value is -5.42. The third-order valence-electron chi connectivity index (χ3n) is 11.3. The highest BCUT2D eigenvalue weighted by Crippen LogP contribution is 2.40. The summed E-state index contributed by atoms with van der Waals surface area (Å²) in [6.45, 7) is 2.77. The number of amides is 4. The van der Waals surface area contributed by atoms with Crippen LogP contribution >= 0.6 is 12.2 Å². The first kappa shape index (κ1) is 45.1. The number of benzene rings is 1. The van der Waals surface area contributed by atoms with Gasteiger partial charge in [0.15, 0.2) is 10.8 Å². The van der Waals surface area contributed by atoms with E-state index in [1.54, 1.807) is 23.6 Å². The van der Waals surface area contributed by atoms with Crippen LogP contribution in [0.4, 0.5) is 43.4 Å². The molecule has 0 bridgehead atoms. The number of aromatic nitrogens is 1. The molecule has 326 valence electrons. The van der Waals surface area contributed by atoms with Crippen LogP contribution in [0.1, 0.15) is 69.2 Å². The quantitative estimate of drug-likeness (QED) is 0.165. The van der Waals surface area contributed by atoms with E-state index in [0.717, 1.165) is 16.0 Å². The average molecular weight is 877 g/mol. The lowest BCUT2D eigenvalue weighted by Crippen LogP contribution is -2.60. The van der Waals surface area contributed by atoms with E-state index in [1.165, 1.54) is 24.3 Å². The molecule has 0 radical (unpaired) electrons. The summed E-state index contributed by atoms with van der Waals surface area (Å²) in [4.78, 5) is 59.4. The van der Waals surface area contributed by atoms with Crippen molar-refractivity contribution < 1.29 is 50.3 Å². The second kappa shape index (κ2) is 17.9. The predicted molar refractivity (Wildman–Crippen MR) is 209 cm³/mol. The third kappa shape index (κ3) is 10.2. The number of nitrogens with one attached hydrogen (secondary N) is 3. The first-order valence-electron chi connectivity index (χ1n) is 19.4. The molecule has 6 rings (SSSR count). The number of alkyl halides is 6. The van der Waals surface area contributed by atoms with Crippen molar-refractivity contribution in [1.82, 2.24) is 25.0 Å². The van der Waals surface area contributed by atoms with Gasteiger partial charge in [-0.2, -0.15) is 36.9 Å². The minimum Gasteiger partial charge on any atom is -0.377 e. The number of piperidine rings is 1. The standard InChI is InChI=1S/C39H42F6N10O5S/c1-37(2)35(59)54(26-16-28(38(40,41)42)30(18-47)48-19-26)36(61)55(37)25-3-5-27(6-4-25)60-12-11-52-9-10-53(31(20-52)39(43,44)45)21-33(57)50-24-14-22(17-46)13-23(15-24)49-29-7-8-32(56)51-34(29)58/h13-16,19,25,27,29,31,49H,3-12,20-21H2,1-2H3,(H,50,57)(H,51,56,58)/t25?,27?,29?,31-/m1/s1. The minimum absolute atomic E-state index is 0.0107. The van der Waals surface area contributed by atoms with Gasteiger partial charge in [0.2, 0.25) is 17.7 Å². The normalized spacial score (nSPS) is 24.0. The van der Waals surface area contributed by atoms with Gasteiger partial charge in [-0.1, -0.05) is 0 Å². The maximum Gasteiger partial charge on any atom is 0.419 e. The van der Waals surface area contributed by atoms with Gasteiger partial charge in [0, 0.05) is 50.0 Å². The number of piperazine rings is 1. The maximum atomic E-state index is 14.3. The number of halogens is 6. The molecule has 4 heterocycles. The molecule has 1 saturated carbocycles. The Morgan fingerprint density at radius 3 is 2.34 bits per heavy atom. The van der Waals surface area contributed by atoms with Crippen molar-refractivity contribution in [3.8, 4) is 12.1 Å². The van der Waals surface area contributed by atoms with Crippen LogP contribution in [0.2, 0.25) is 0 Å². The summed E-state index contributed by atoms with van der Waals surface area (Å²) in [5.41, 5.74) is -2.96. The van der Waals surface area contributed by atoms with Crippen LogP contribution in [-0.2, 0) is 30.1 Å². The number of hydrogen-bond acceptors (Lipinski definition) is 12. The van der Waals surface area contributed by atoms with Gasteiger partial charge in [0.25, 0.3) is 5.91 Å². The molecule has 1 aromatic carbocycles. The highest BCUT2D eigenvalue weighted by Gasteiger charge is 2.53. The first-order chi connectivity index (χ1) is 28.7. The van der Waals surface area contributed by atoms with Crippen molar-refractivity contribution in [2.75, 3.05) is 54.9 Å². The number of nitrogens with zero attached hydrogens (tertiary/aromatic N) is 7. The number of hydrogen-bond donors (Lipinski definition) is 3. The fourth-order valence-electron chi connectivity index (χ4n) is 8.20. The number of anilines is 3. The van der Waals surface area contributed by atoms with E-state index < -0.39 is 78.0 Å². The lowest BCUT2D eigenvalue weighted by molar-refractivity contribution is -0.197. The van der Waals surface area contributed by atoms with E-state index in [4.69, 9.17) is 22.2 Å². The van der Waals surface area contributed by atoms with Gasteiger partial charge in [-0.25, -0.2) is 4.98 Å². The molecule has 4 amide bonds. The van der Waals surface area contributed by atoms with Crippen molar-refractivity contribution in [2.45, 2.75) is 94.5 Å². The lowest BCUT2D eigenvalue weighted by Gasteiger charge is -2.42. The van der Waals surface area contributed by atoms with Gasteiger partial charge < -0.3 is 20.3 Å². The van der Waals surface area contributed by atoms with Crippen molar-refractivity contribution in [2.24, 2.45) is 0 Å². The van der Waals surface area contributed by atoms with Crippen LogP contribution in [0.15, 0.2) is 30.5 Å². The van der Waals surface area contributed by atoms with E-state index in [0.29, 0.717) is 37.4 Å². The fourth-order valence-corrected chi connectivity index (χ4v) is 8.76. The van der Waals surface area contributed by atoms with Crippen LogP contribution in [-0.4, -0.2) is 124 Å². The smallest absolute Gasteiger partial charge is 0.377 e. The molecule has 2 aromatic rings. The number of ether oxygens (including phenoxy) is 1. The van der Waals surface area contributed by atoms with E-state index in [-0.39, 0.29) is 73.3 Å². The number of imide groups is 1. The van der Waals surface area contributed by atoms with Crippen molar-refractivity contribution in [3.63, 3.8) is 0 Å². The molecule has 22 heteroatoms. The van der Waals surface area contributed by atoms with Gasteiger partial charge in [-0.3, -0.25) is 39.2 Å². The predicted octanol–water partition coefficient (Wildman–Crippen LogP) is 4.29. The van der Waals surface area contributed by atoms with Crippen LogP contribution in [0, 0.1) is 22.7 Å². The van der Waals surface area contributed by atoms with Gasteiger partial charge in [0.1, 0.15) is 23.7 Å². The molecule has 3 N–H and O–H groups in total. The van der Waals surface area contributed by atoms with Gasteiger partial charge in [0.05, 0.1) is 48.3 Å². The highest BCUT2D eigenvalue weighted by atomic mass is 32.1. The largest absolute Gasteiger partial charge is 0.419 e. The van der Waals surface area contributed by atoms with Crippen molar-refractivity contribution in [1.29, 1.82) is 10.5 Å². The number of thiocarbonyl (C=S) groups is 1. The summed E-state index contributed by atoms with van der Waals surface area (Å²) in [6, 6.07) is 5.32. The van der Waals surface area contributed by atoms with Crippen LogP contribution in [0.3, 0.4) is 0 Å². The molecule has 3 saturated heterocycles. The zero-order valence-electron chi connectivity index (χ0n) is 33.0. The molecule has 4 aliphatic rings. The number of nitriles is 2. The molecular formula is C39H42F6N10O5S. The van der Waals surface area contributed by atoms with Gasteiger partial charge in [-0.15, -0.1) is 0 Å². The van der Waals surface area contributed by atoms with Crippen LogP contribution in [0.5, 0.6) is 0 Å². The monoisotopic (exact) mass is 876 g/mol. The number of pyridine rings is 1. The Balaban J connectivity index is 0.988. The molecule has 1 unspecified atom stereocenters. The number of rotatable bonds is 11. The Morgan fingerprint density at radius 2 is 1.70 bits per heavy atom. The summed E-state index contributed by atoms with van der Waals surface area (Å²) in [6.07, 6.45) is -6.34. The maximum absolute atomic E-state index is 14.3. The average Bonchev–Trinajstić information content (AvgIpc) is 3.37. The Kier molecular flexibility index (Phi) is 13.2. The second-order valence-electron chi connectivity index (χ2n) is 15.8. The molecule has 61 heavy (non-hydrogen) atoms. The van der Waals surface area contributed by atoms with Crippen molar-refractivity contribution in [3.05, 3.63) is 47.3 Å². The van der Waals surface area contributed by atoms with E-state index >= 15 is 0 Å². The SMILES string of the molecule is CC1(C)C(=O)N(c2cnc(C#N)c(C(F)(F)F)c2)C(=S)N1C1CCC(OCCN2CCN(CC(=O)Nc3cc(C#N)cc(NC4CCC(=O)NC4=O)c3)[C@@H](C(F)(F)F)C2)CC1. The summed E-state index contributed by atoms with van der Waals surface area (Å²) in [5.74, 6) is -2.24. The molecule has 15 nitrogen and oxygen atoms in total. The van der Waals surface area contributed by atoms with Gasteiger partial charge in [-0.05, 0) is 82.4 Å². The zero-order chi connectivity index (χ0) is 44.4. The summed E-state index contributed by atoms with van der Waals surface area (Å²) in [7, 11) is 0. The molecule has 3 aliphatic heterocycles. The highest BCUT2D eigenvalue weighted by molar-refractivity contribution is 7.80. The molecule has 1 aliphatic carbocycles. The first-order valence-corrected chi connectivity index (χ1v) is 19.9. The lowest BCUT2D eigenvalue weighted by atomic mass is 9.89. The van der Waals surface area contributed by atoms with E-state index in [2.05, 4.69) is 20.9 Å². The van der Waals surface area contributed by atoms with E-state index in [9.17, 15) is 50.8 Å². The summed E-state index contributed by atoms with van der Waals surface area (Å²) >= 11 is 5.64. The molecule has 0 spiro atoms. The minimum atomic E-state index is -4.89. The summed E-state index contributed by atoms with van der Waals surface area (Å²) in [5, 5.41) is 26.4. The third-order valence-corrected chi connectivity index (χ3v) is 11.6. The molecule has 1 aromatic heterocycles. The Morgan fingerprint density at radius 1 is 1.00 bits per heavy atom. The van der Waals surface area contributed by atoms with E-state index in [1.807, 2.05) is 6.07 Å². The molecule has 4 fully saturated rings. The van der Waals surface area contributed by atoms with Crippen molar-refractivity contribution >= 4 is 58.0 Å². The topological polar surface area (TPSA) is 187 Å². The number of carbonyl (C=O) groups is 4. The number of carbonyl (C=O) groups excluding carboxylic acids is 4. The zero-order valence-corrected chi connectivity index (χ0v) is 33.8. The second-order valence-corrected chi connectivity index (χ2v) is 16.2. The fraction of sp³-hybridized carbons (Fsp3) is 0.538. The Bertz CT molecular complexity index is 2150. The molecular weight excluding hydrogens is 835 g/mol. The molecule has 2 atom stereocenters. The van der Waals surface area contributed by atoms with Crippen LogP contribution in [0.25, 0.3) is 0 Å². The van der Waals surface area contributed by atoms with Crippen LogP contribution < -0.4 is 20.9 Å². The Labute approximate surface area is 351 Å². The van der Waals surface area contributed by atoms with Gasteiger partial charge >= 0.3 is 12.4 Å².